The number of hydrogen-bond donors (Lipinski definition) is 1. The van der Waals surface area contributed by atoms with E-state index >= 15 is 0 Å². The zero-order chi connectivity index (χ0) is 26.0. The van der Waals surface area contributed by atoms with E-state index in [1.165, 1.54) is 0 Å². The van der Waals surface area contributed by atoms with E-state index in [4.69, 9.17) is 27.6 Å². The van der Waals surface area contributed by atoms with E-state index in [1.54, 1.807) is 25.1 Å². The lowest BCUT2D eigenvalue weighted by Gasteiger charge is -2.38. The summed E-state index contributed by atoms with van der Waals surface area (Å²) in [6.07, 6.45) is 1.13. The molecule has 194 valence electrons. The van der Waals surface area contributed by atoms with Crippen molar-refractivity contribution in [3.05, 3.63) is 69.7 Å². The Morgan fingerprint density at radius 2 is 1.80 bits per heavy atom. The summed E-state index contributed by atoms with van der Waals surface area (Å²) in [4.78, 5) is 2.30. The van der Waals surface area contributed by atoms with E-state index in [2.05, 4.69) is 43.5 Å². The molecule has 9 heteroatoms. The molecule has 3 atom stereocenters. The largest absolute Gasteiger partial charge is 0.413 e. The van der Waals surface area contributed by atoms with E-state index in [9.17, 15) is 8.42 Å². The molecular weight excluding hydrogens is 519 g/mol. The average Bonchev–Trinajstić information content (AvgIpc) is 3.20. The van der Waals surface area contributed by atoms with Gasteiger partial charge in [-0.15, -0.1) is 0 Å². The Bertz CT molecular complexity index is 1110. The van der Waals surface area contributed by atoms with Gasteiger partial charge in [0.25, 0.3) is 0 Å². The quantitative estimate of drug-likeness (QED) is 0.344. The van der Waals surface area contributed by atoms with Crippen LogP contribution in [0.3, 0.4) is 0 Å². The topological polar surface area (TPSA) is 58.6 Å². The number of nitrogens with zero attached hydrogens (tertiary/aromatic N) is 1. The third kappa shape index (κ3) is 7.31. The minimum absolute atomic E-state index is 0.153. The molecule has 1 saturated heterocycles. The Balaban J connectivity index is 1.77. The second kappa shape index (κ2) is 11.2. The molecule has 0 aromatic heterocycles. The highest BCUT2D eigenvalue weighted by Crippen LogP contribution is 2.38. The number of nitrogens with one attached hydrogen (secondary N) is 1. The molecule has 1 heterocycles. The van der Waals surface area contributed by atoms with Crippen molar-refractivity contribution in [2.75, 3.05) is 19.6 Å². The maximum absolute atomic E-state index is 13.5. The summed E-state index contributed by atoms with van der Waals surface area (Å²) in [6, 6.07) is 14.2. The van der Waals surface area contributed by atoms with Crippen LogP contribution in [0.25, 0.3) is 0 Å². The molecule has 1 aliphatic heterocycles. The molecule has 0 amide bonds. The van der Waals surface area contributed by atoms with Crippen LogP contribution in [0.2, 0.25) is 28.2 Å². The number of likely N-dealkylation sites (tertiary alicyclic amines) is 1. The molecule has 35 heavy (non-hydrogen) atoms. The second-order valence-electron chi connectivity index (χ2n) is 11.0. The monoisotopic (exact) mass is 556 g/mol. The Morgan fingerprint density at radius 1 is 1.14 bits per heavy atom. The summed E-state index contributed by atoms with van der Waals surface area (Å²) < 4.78 is 36.5. The number of rotatable bonds is 9. The minimum atomic E-state index is -3.75. The standard InChI is InChI=1S/C26H38Cl2N2O3SSi/c1-19(23-16-21(27)12-13-24(23)28)34(31,32)29-25(20-10-8-7-9-11-20)18-30-15-14-22(17-30)33-35(5,6)26(2,3)4/h7-13,16,19,22,25,29H,14-15,17-18H2,1-6H3. The van der Waals surface area contributed by atoms with Crippen LogP contribution in [0.1, 0.15) is 56.5 Å². The van der Waals surface area contributed by atoms with Gasteiger partial charge >= 0.3 is 0 Å². The predicted octanol–water partition coefficient (Wildman–Crippen LogP) is 6.81. The van der Waals surface area contributed by atoms with E-state index in [-0.39, 0.29) is 11.1 Å². The molecule has 3 rings (SSSR count). The number of sulfonamides is 1. The Kier molecular flexibility index (Phi) is 9.17. The molecule has 0 saturated carbocycles. The maximum atomic E-state index is 13.5. The molecule has 1 aliphatic rings. The number of hydrogen-bond acceptors (Lipinski definition) is 4. The van der Waals surface area contributed by atoms with Gasteiger partial charge < -0.3 is 4.43 Å². The molecule has 1 N–H and O–H groups in total. The third-order valence-corrected chi connectivity index (χ3v) is 14.2. The van der Waals surface area contributed by atoms with Crippen LogP contribution >= 0.6 is 23.2 Å². The molecular formula is C26H38Cl2N2O3SSi. The van der Waals surface area contributed by atoms with Gasteiger partial charge in [0.05, 0.1) is 17.4 Å². The third-order valence-electron chi connectivity index (χ3n) is 7.31. The van der Waals surface area contributed by atoms with Crippen LogP contribution < -0.4 is 4.72 Å². The summed E-state index contributed by atoms with van der Waals surface area (Å²) in [5, 5.41) is 0.137. The van der Waals surface area contributed by atoms with Gasteiger partial charge in [-0.25, -0.2) is 13.1 Å². The molecule has 1 fully saturated rings. The number of benzene rings is 2. The van der Waals surface area contributed by atoms with Gasteiger partial charge in [0, 0.05) is 29.7 Å². The van der Waals surface area contributed by atoms with Crippen LogP contribution in [-0.4, -0.2) is 47.4 Å². The lowest BCUT2D eigenvalue weighted by molar-refractivity contribution is 0.178. The van der Waals surface area contributed by atoms with Crippen molar-refractivity contribution in [3.63, 3.8) is 0 Å². The highest BCUT2D eigenvalue weighted by atomic mass is 35.5. The molecule has 0 aliphatic carbocycles. The van der Waals surface area contributed by atoms with Crippen LogP contribution in [0, 0.1) is 0 Å². The van der Waals surface area contributed by atoms with E-state index in [0.29, 0.717) is 22.2 Å². The Labute approximate surface area is 222 Å². The SMILES string of the molecule is CC(c1cc(Cl)ccc1Cl)S(=O)(=O)NC(CN1CCC(O[Si](C)(C)C(C)(C)C)C1)c1ccccc1. The van der Waals surface area contributed by atoms with Gasteiger partial charge in [0.1, 0.15) is 0 Å². The van der Waals surface area contributed by atoms with Gasteiger partial charge in [-0.3, -0.25) is 4.90 Å². The highest BCUT2D eigenvalue weighted by molar-refractivity contribution is 7.89. The summed E-state index contributed by atoms with van der Waals surface area (Å²) in [5.74, 6) is 0. The van der Waals surface area contributed by atoms with Crippen molar-refractivity contribution in [2.45, 2.75) is 69.6 Å². The summed E-state index contributed by atoms with van der Waals surface area (Å²) in [7, 11) is -5.61. The van der Waals surface area contributed by atoms with Crippen molar-refractivity contribution < 1.29 is 12.8 Å². The van der Waals surface area contributed by atoms with Crippen molar-refractivity contribution in [1.29, 1.82) is 0 Å². The molecule has 2 aromatic rings. The smallest absolute Gasteiger partial charge is 0.219 e. The van der Waals surface area contributed by atoms with Gasteiger partial charge in [0.15, 0.2) is 8.32 Å². The van der Waals surface area contributed by atoms with Crippen LogP contribution in [0.5, 0.6) is 0 Å². The van der Waals surface area contributed by atoms with Crippen molar-refractivity contribution in [2.24, 2.45) is 0 Å². The predicted molar refractivity (Wildman–Crippen MR) is 149 cm³/mol. The van der Waals surface area contributed by atoms with Gasteiger partial charge in [-0.1, -0.05) is 74.3 Å². The zero-order valence-electron chi connectivity index (χ0n) is 21.5. The van der Waals surface area contributed by atoms with Crippen LogP contribution in [0.15, 0.2) is 48.5 Å². The van der Waals surface area contributed by atoms with E-state index in [0.717, 1.165) is 25.1 Å². The highest BCUT2D eigenvalue weighted by Gasteiger charge is 2.41. The summed E-state index contributed by atoms with van der Waals surface area (Å²) in [5.41, 5.74) is 1.41. The fourth-order valence-corrected chi connectivity index (χ4v) is 7.35. The van der Waals surface area contributed by atoms with Crippen molar-refractivity contribution in [3.8, 4) is 0 Å². The Hall–Kier alpha value is -0.933. The molecule has 0 radical (unpaired) electrons. The van der Waals surface area contributed by atoms with Crippen molar-refractivity contribution >= 4 is 41.5 Å². The molecule has 0 bridgehead atoms. The fourth-order valence-electron chi connectivity index (χ4n) is 4.10. The minimum Gasteiger partial charge on any atom is -0.413 e. The zero-order valence-corrected chi connectivity index (χ0v) is 24.8. The fraction of sp³-hybridized carbons (Fsp3) is 0.538. The lowest BCUT2D eigenvalue weighted by Crippen LogP contribution is -2.45. The van der Waals surface area contributed by atoms with E-state index in [1.807, 2.05) is 30.3 Å². The summed E-state index contributed by atoms with van der Waals surface area (Å²) >= 11 is 12.4. The average molecular weight is 558 g/mol. The van der Waals surface area contributed by atoms with Gasteiger partial charge in [-0.05, 0) is 60.8 Å². The van der Waals surface area contributed by atoms with Crippen LogP contribution in [0.4, 0.5) is 0 Å². The molecule has 2 aromatic carbocycles. The molecule has 5 nitrogen and oxygen atoms in total. The normalized spacial score (nSPS) is 19.6. The molecule has 0 spiro atoms. The van der Waals surface area contributed by atoms with Crippen molar-refractivity contribution in [1.82, 2.24) is 9.62 Å². The first-order valence-corrected chi connectivity index (χ1v) is 17.3. The van der Waals surface area contributed by atoms with Gasteiger partial charge in [-0.2, -0.15) is 0 Å². The first-order chi connectivity index (χ1) is 16.2. The maximum Gasteiger partial charge on any atom is 0.219 e. The number of halogens is 2. The first-order valence-electron chi connectivity index (χ1n) is 12.1. The molecule has 3 unspecified atom stereocenters. The van der Waals surface area contributed by atoms with Crippen LogP contribution in [-0.2, 0) is 14.4 Å². The summed E-state index contributed by atoms with van der Waals surface area (Å²) in [6.45, 7) is 15.2. The second-order valence-corrected chi connectivity index (χ2v) is 18.6. The van der Waals surface area contributed by atoms with Gasteiger partial charge in [0.2, 0.25) is 10.0 Å². The lowest BCUT2D eigenvalue weighted by atomic mass is 10.1. The Morgan fingerprint density at radius 3 is 2.43 bits per heavy atom. The first kappa shape index (κ1) is 28.6. The van der Waals surface area contributed by atoms with E-state index < -0.39 is 29.6 Å².